The minimum absolute atomic E-state index is 0.129. The number of amides is 1. The number of halogens is 3. The molecule has 2 N–H and O–H groups in total. The van der Waals surface area contributed by atoms with Crippen LogP contribution in [0, 0.1) is 17.2 Å². The lowest BCUT2D eigenvalue weighted by atomic mass is 10.0. The van der Waals surface area contributed by atoms with Crippen LogP contribution in [0.15, 0.2) is 35.4 Å². The van der Waals surface area contributed by atoms with Gasteiger partial charge >= 0.3 is 6.18 Å². The Hall–Kier alpha value is -2.91. The Morgan fingerprint density at radius 1 is 1.30 bits per heavy atom. The number of nitriles is 1. The summed E-state index contributed by atoms with van der Waals surface area (Å²) in [6.07, 6.45) is -3.67. The van der Waals surface area contributed by atoms with Gasteiger partial charge in [0.05, 0.1) is 39.5 Å². The summed E-state index contributed by atoms with van der Waals surface area (Å²) in [4.78, 5) is 11.9. The van der Waals surface area contributed by atoms with Crippen LogP contribution in [0.2, 0.25) is 0 Å². The number of carbonyl (C=O) groups excluding carboxylic acids is 1. The molecule has 4 rings (SSSR count). The van der Waals surface area contributed by atoms with E-state index in [1.807, 2.05) is 6.07 Å². The third-order valence-electron chi connectivity index (χ3n) is 6.27. The fraction of sp³-hybridized carbons (Fsp3) is 0.476. The van der Waals surface area contributed by atoms with E-state index in [4.69, 9.17) is 4.74 Å². The van der Waals surface area contributed by atoms with Crippen LogP contribution < -0.4 is 5.32 Å². The van der Waals surface area contributed by atoms with Gasteiger partial charge in [-0.15, -0.1) is 0 Å². The molecule has 1 heterocycles. The highest BCUT2D eigenvalue weighted by Crippen LogP contribution is 2.42. The van der Waals surface area contributed by atoms with Gasteiger partial charge in [-0.1, -0.05) is 6.07 Å². The van der Waals surface area contributed by atoms with Crippen molar-refractivity contribution in [1.29, 1.82) is 5.26 Å². The fourth-order valence-corrected chi connectivity index (χ4v) is 6.23. The molecule has 12 heteroatoms. The summed E-state index contributed by atoms with van der Waals surface area (Å²) in [5.41, 5.74) is -1.77. The zero-order valence-electron chi connectivity index (χ0n) is 17.5. The monoisotopic (exact) mass is 482 g/mol. The Bertz CT molecular complexity index is 1200. The zero-order chi connectivity index (χ0) is 24.0. The zero-order valence-corrected chi connectivity index (χ0v) is 18.3. The molecule has 2 aliphatic rings. The lowest BCUT2D eigenvalue weighted by Crippen LogP contribution is -2.42. The number of aromatic nitrogens is 2. The second-order valence-electron chi connectivity index (χ2n) is 8.38. The molecule has 0 aliphatic heterocycles. The average Bonchev–Trinajstić information content (AvgIpc) is 3.18. The first-order valence-electron chi connectivity index (χ1n) is 10.2. The molecule has 2 aromatic rings. The van der Waals surface area contributed by atoms with Gasteiger partial charge in [0.15, 0.2) is 9.84 Å². The first kappa shape index (κ1) is 23.3. The number of nitrogens with zero attached hydrogens (tertiary/aromatic N) is 2. The normalized spacial score (nSPS) is 24.3. The Kier molecular flexibility index (Phi) is 5.74. The number of carbonyl (C=O) groups is 1. The Morgan fingerprint density at radius 2 is 2.03 bits per heavy atom. The first-order valence-corrected chi connectivity index (χ1v) is 11.8. The molecule has 176 valence electrons. The minimum atomic E-state index is -4.92. The smallest absolute Gasteiger partial charge is 0.381 e. The van der Waals surface area contributed by atoms with Crippen molar-refractivity contribution >= 4 is 15.7 Å². The van der Waals surface area contributed by atoms with Gasteiger partial charge in [0.25, 0.3) is 0 Å². The Morgan fingerprint density at radius 3 is 2.58 bits per heavy atom. The van der Waals surface area contributed by atoms with Crippen LogP contribution in [0.3, 0.4) is 0 Å². The lowest BCUT2D eigenvalue weighted by Gasteiger charge is -2.19. The van der Waals surface area contributed by atoms with Gasteiger partial charge in [-0.2, -0.15) is 23.5 Å². The summed E-state index contributed by atoms with van der Waals surface area (Å²) in [7, 11) is -3.14. The van der Waals surface area contributed by atoms with Crippen LogP contribution in [-0.2, 0) is 25.5 Å². The van der Waals surface area contributed by atoms with Crippen molar-refractivity contribution in [2.45, 2.75) is 53.6 Å². The maximum atomic E-state index is 13.9. The predicted octanol–water partition coefficient (Wildman–Crippen LogP) is 2.84. The predicted molar refractivity (Wildman–Crippen MR) is 109 cm³/mol. The van der Waals surface area contributed by atoms with Gasteiger partial charge in [0, 0.05) is 18.9 Å². The summed E-state index contributed by atoms with van der Waals surface area (Å²) in [6.45, 7) is 0. The van der Waals surface area contributed by atoms with Crippen molar-refractivity contribution in [3.63, 3.8) is 0 Å². The molecule has 8 nitrogen and oxygen atoms in total. The Balaban J connectivity index is 1.65. The molecular weight excluding hydrogens is 461 g/mol. The number of aromatic amines is 1. The average molecular weight is 482 g/mol. The second kappa shape index (κ2) is 8.14. The van der Waals surface area contributed by atoms with Gasteiger partial charge in [-0.05, 0) is 43.9 Å². The maximum absolute atomic E-state index is 13.9. The van der Waals surface area contributed by atoms with E-state index in [1.54, 1.807) is 0 Å². The lowest BCUT2D eigenvalue weighted by molar-refractivity contribution is -0.139. The summed E-state index contributed by atoms with van der Waals surface area (Å²) in [6, 6.07) is 6.50. The van der Waals surface area contributed by atoms with Gasteiger partial charge in [-0.3, -0.25) is 9.89 Å². The molecular formula is C21H21F3N4O4S. The number of ether oxygens (including phenoxy) is 1. The van der Waals surface area contributed by atoms with Gasteiger partial charge < -0.3 is 10.1 Å². The van der Waals surface area contributed by atoms with E-state index in [1.165, 1.54) is 25.4 Å². The molecule has 0 spiro atoms. The van der Waals surface area contributed by atoms with Crippen molar-refractivity contribution in [3.05, 3.63) is 36.0 Å². The first-order chi connectivity index (χ1) is 15.5. The number of H-pyrrole nitrogens is 1. The van der Waals surface area contributed by atoms with E-state index in [0.29, 0.717) is 18.5 Å². The topological polar surface area (TPSA) is 125 Å². The van der Waals surface area contributed by atoms with Crippen LogP contribution >= 0.6 is 0 Å². The summed E-state index contributed by atoms with van der Waals surface area (Å²) in [5.74, 6) is -1.41. The highest BCUT2D eigenvalue weighted by molar-refractivity contribution is 7.92. The maximum Gasteiger partial charge on any atom is 0.417 e. The largest absolute Gasteiger partial charge is 0.417 e. The molecule has 2 aliphatic carbocycles. The van der Waals surface area contributed by atoms with E-state index >= 15 is 0 Å². The molecule has 0 saturated heterocycles. The number of methoxy groups -OCH3 is 1. The molecule has 3 atom stereocenters. The van der Waals surface area contributed by atoms with Crippen molar-refractivity contribution in [2.24, 2.45) is 5.92 Å². The van der Waals surface area contributed by atoms with Gasteiger partial charge in [0.1, 0.15) is 5.54 Å². The molecule has 1 aromatic carbocycles. The van der Waals surface area contributed by atoms with E-state index in [0.717, 1.165) is 12.1 Å². The van der Waals surface area contributed by atoms with Crippen LogP contribution in [0.1, 0.15) is 31.2 Å². The molecule has 0 radical (unpaired) electrons. The quantitative estimate of drug-likeness (QED) is 0.652. The molecule has 1 amide bonds. The second-order valence-corrected chi connectivity index (χ2v) is 10.6. The summed E-state index contributed by atoms with van der Waals surface area (Å²) < 4.78 is 73.5. The number of alkyl halides is 3. The third-order valence-corrected chi connectivity index (χ3v) is 8.50. The highest BCUT2D eigenvalue weighted by atomic mass is 32.2. The van der Waals surface area contributed by atoms with Crippen molar-refractivity contribution in [3.8, 4) is 17.3 Å². The Labute approximate surface area is 188 Å². The number of sulfone groups is 1. The van der Waals surface area contributed by atoms with E-state index < -0.39 is 55.2 Å². The summed E-state index contributed by atoms with van der Waals surface area (Å²) in [5, 5.41) is 16.8. The molecule has 2 saturated carbocycles. The SMILES string of the molecule is CO[C@@H]1CC(S(=O)(=O)c2ccc(-c3ccn[nH]3)cc2C(F)(F)F)C[C@H]1C(=O)NC1(C#N)CC1. The van der Waals surface area contributed by atoms with E-state index in [-0.39, 0.29) is 18.4 Å². The molecule has 2 fully saturated rings. The van der Waals surface area contributed by atoms with Gasteiger partial charge in [-0.25, -0.2) is 8.42 Å². The van der Waals surface area contributed by atoms with Crippen LogP contribution in [0.25, 0.3) is 11.3 Å². The van der Waals surface area contributed by atoms with Crippen molar-refractivity contribution in [1.82, 2.24) is 15.5 Å². The molecule has 1 unspecified atom stereocenters. The van der Waals surface area contributed by atoms with E-state index in [2.05, 4.69) is 15.5 Å². The van der Waals surface area contributed by atoms with Gasteiger partial charge in [0.2, 0.25) is 5.91 Å². The number of nitrogens with one attached hydrogen (secondary N) is 2. The number of rotatable bonds is 6. The third kappa shape index (κ3) is 4.35. The number of hydrogen-bond donors (Lipinski definition) is 2. The summed E-state index contributed by atoms with van der Waals surface area (Å²) >= 11 is 0. The van der Waals surface area contributed by atoms with Crippen LogP contribution in [-0.4, -0.2) is 48.5 Å². The number of hydrogen-bond acceptors (Lipinski definition) is 6. The van der Waals surface area contributed by atoms with Crippen molar-refractivity contribution in [2.75, 3.05) is 7.11 Å². The van der Waals surface area contributed by atoms with Crippen LogP contribution in [0.5, 0.6) is 0 Å². The minimum Gasteiger partial charge on any atom is -0.381 e. The number of benzene rings is 1. The highest BCUT2D eigenvalue weighted by Gasteiger charge is 2.51. The van der Waals surface area contributed by atoms with Crippen molar-refractivity contribution < 1.29 is 31.1 Å². The standard InChI is InChI=1S/C21H21F3N4O4S/c1-32-17-10-13(9-14(17)19(29)27-20(11-25)5-6-20)33(30,31)18-3-2-12(16-4-7-26-28-16)8-15(18)21(22,23)24/h2-4,7-8,13-14,17H,5-6,9-10H2,1H3,(H,26,28)(H,27,29)/t13?,14-,17-/m1/s1. The van der Waals surface area contributed by atoms with E-state index in [9.17, 15) is 31.6 Å². The molecule has 33 heavy (non-hydrogen) atoms. The molecule has 1 aromatic heterocycles. The molecule has 0 bridgehead atoms. The van der Waals surface area contributed by atoms with Crippen LogP contribution in [0.4, 0.5) is 13.2 Å². The fourth-order valence-electron chi connectivity index (χ4n) is 4.23.